The Kier molecular flexibility index (Phi) is 4.02. The quantitative estimate of drug-likeness (QED) is 0.873. The fourth-order valence-electron chi connectivity index (χ4n) is 1.97. The lowest BCUT2D eigenvalue weighted by Crippen LogP contribution is -2.16. The third-order valence-electron chi connectivity index (χ3n) is 2.99. The molecular weight excluding hydrogens is 263 g/mol. The van der Waals surface area contributed by atoms with E-state index < -0.39 is 11.9 Å². The lowest BCUT2D eigenvalue weighted by molar-refractivity contribution is 0.0506. The van der Waals surface area contributed by atoms with E-state index in [-0.39, 0.29) is 24.1 Å². The van der Waals surface area contributed by atoms with E-state index in [4.69, 9.17) is 4.74 Å². The van der Waals surface area contributed by atoms with Crippen LogP contribution in [0.2, 0.25) is 0 Å². The summed E-state index contributed by atoms with van der Waals surface area (Å²) in [7, 11) is 0. The van der Waals surface area contributed by atoms with Crippen LogP contribution in [0, 0.1) is 5.95 Å². The average molecular weight is 278 g/mol. The maximum atomic E-state index is 13.7. The van der Waals surface area contributed by atoms with Gasteiger partial charge in [0, 0.05) is 0 Å². The largest absolute Gasteiger partial charge is 0.508 e. The van der Waals surface area contributed by atoms with Gasteiger partial charge in [0.25, 0.3) is 0 Å². The van der Waals surface area contributed by atoms with Crippen molar-refractivity contribution in [1.82, 2.24) is 9.55 Å². The number of phenolic OH excluding ortho intramolecular Hbond substituents is 1. The second-order valence-corrected chi connectivity index (χ2v) is 4.28. The Labute approximate surface area is 115 Å². The van der Waals surface area contributed by atoms with Crippen molar-refractivity contribution in [2.75, 3.05) is 6.61 Å². The highest BCUT2D eigenvalue weighted by Crippen LogP contribution is 2.24. The van der Waals surface area contributed by atoms with Crippen molar-refractivity contribution in [1.29, 1.82) is 0 Å². The molecule has 6 heteroatoms. The molecule has 2 aromatic rings. The van der Waals surface area contributed by atoms with Gasteiger partial charge < -0.3 is 14.4 Å². The first kappa shape index (κ1) is 14.0. The molecule has 0 bridgehead atoms. The molecule has 0 aliphatic heterocycles. The molecule has 1 atom stereocenters. The molecule has 0 radical (unpaired) electrons. The number of halogens is 1. The van der Waals surface area contributed by atoms with Crippen LogP contribution in [0.3, 0.4) is 0 Å². The molecule has 1 N–H and O–H groups in total. The van der Waals surface area contributed by atoms with Crippen LogP contribution in [0.1, 0.15) is 35.9 Å². The van der Waals surface area contributed by atoms with Gasteiger partial charge in [-0.15, -0.1) is 0 Å². The fourth-order valence-corrected chi connectivity index (χ4v) is 1.97. The number of aromatic nitrogens is 2. The van der Waals surface area contributed by atoms with Crippen LogP contribution in [-0.4, -0.2) is 27.2 Å². The molecule has 2 rings (SSSR count). The molecule has 0 amide bonds. The maximum Gasteiger partial charge on any atom is 0.359 e. The summed E-state index contributed by atoms with van der Waals surface area (Å²) in [5.74, 6) is -1.52. The van der Waals surface area contributed by atoms with E-state index >= 15 is 0 Å². The van der Waals surface area contributed by atoms with Gasteiger partial charge in [-0.1, -0.05) is 12.1 Å². The zero-order chi connectivity index (χ0) is 14.7. The van der Waals surface area contributed by atoms with Gasteiger partial charge in [0.1, 0.15) is 5.75 Å². The van der Waals surface area contributed by atoms with Gasteiger partial charge in [0.2, 0.25) is 5.95 Å². The Balaban J connectivity index is 2.40. The van der Waals surface area contributed by atoms with Crippen LogP contribution >= 0.6 is 0 Å². The Morgan fingerprint density at radius 3 is 2.95 bits per heavy atom. The predicted octanol–water partition coefficient (Wildman–Crippen LogP) is 2.51. The van der Waals surface area contributed by atoms with Crippen LogP contribution in [0.5, 0.6) is 5.75 Å². The lowest BCUT2D eigenvalue weighted by Gasteiger charge is -2.16. The number of aromatic hydroxyl groups is 1. The first-order valence-corrected chi connectivity index (χ1v) is 6.23. The van der Waals surface area contributed by atoms with Crippen molar-refractivity contribution in [3.05, 3.63) is 47.8 Å². The van der Waals surface area contributed by atoms with E-state index in [0.29, 0.717) is 0 Å². The summed E-state index contributed by atoms with van der Waals surface area (Å²) < 4.78 is 19.9. The second-order valence-electron chi connectivity index (χ2n) is 4.28. The molecule has 20 heavy (non-hydrogen) atoms. The number of imidazole rings is 1. The van der Waals surface area contributed by atoms with Gasteiger partial charge in [-0.25, -0.2) is 9.78 Å². The summed E-state index contributed by atoms with van der Waals surface area (Å²) in [6, 6.07) is 6.18. The summed E-state index contributed by atoms with van der Waals surface area (Å²) >= 11 is 0. The lowest BCUT2D eigenvalue weighted by atomic mass is 10.1. The monoisotopic (exact) mass is 278 g/mol. The van der Waals surface area contributed by atoms with Gasteiger partial charge in [-0.3, -0.25) is 0 Å². The predicted molar refractivity (Wildman–Crippen MR) is 70.1 cm³/mol. The summed E-state index contributed by atoms with van der Waals surface area (Å²) in [4.78, 5) is 15.3. The number of benzene rings is 1. The number of ether oxygens (including phenoxy) is 1. The number of carbonyl (C=O) groups is 1. The fraction of sp³-hybridized carbons (Fsp3) is 0.286. The maximum absolute atomic E-state index is 13.7. The van der Waals surface area contributed by atoms with E-state index in [0.717, 1.165) is 5.56 Å². The third-order valence-corrected chi connectivity index (χ3v) is 2.99. The van der Waals surface area contributed by atoms with E-state index in [1.807, 2.05) is 0 Å². The zero-order valence-electron chi connectivity index (χ0n) is 11.2. The van der Waals surface area contributed by atoms with E-state index in [1.54, 1.807) is 32.0 Å². The molecule has 0 spiro atoms. The Morgan fingerprint density at radius 2 is 2.30 bits per heavy atom. The summed E-state index contributed by atoms with van der Waals surface area (Å²) in [6.07, 6.45) is 1.25. The summed E-state index contributed by atoms with van der Waals surface area (Å²) in [6.45, 7) is 3.58. The molecule has 1 unspecified atom stereocenters. The van der Waals surface area contributed by atoms with Crippen LogP contribution in [0.25, 0.3) is 0 Å². The van der Waals surface area contributed by atoms with Crippen molar-refractivity contribution in [3.8, 4) is 5.75 Å². The number of carbonyl (C=O) groups excluding carboxylic acids is 1. The van der Waals surface area contributed by atoms with E-state index in [2.05, 4.69) is 4.98 Å². The third kappa shape index (κ3) is 2.64. The number of esters is 1. The molecule has 1 aromatic heterocycles. The number of rotatable bonds is 4. The van der Waals surface area contributed by atoms with Crippen LogP contribution in [-0.2, 0) is 4.74 Å². The van der Waals surface area contributed by atoms with Crippen LogP contribution in [0.4, 0.5) is 4.39 Å². The molecule has 0 saturated heterocycles. The Bertz CT molecular complexity index is 625. The molecule has 0 fully saturated rings. The van der Waals surface area contributed by atoms with Gasteiger partial charge in [-0.05, 0) is 31.5 Å². The first-order chi connectivity index (χ1) is 9.54. The number of hydrogen-bond donors (Lipinski definition) is 1. The SMILES string of the molecule is CCOC(=O)c1c(F)ncn1C(C)c1cccc(O)c1. The Hall–Kier alpha value is -2.37. The smallest absolute Gasteiger partial charge is 0.359 e. The highest BCUT2D eigenvalue weighted by molar-refractivity contribution is 5.87. The number of phenols is 1. The normalized spacial score (nSPS) is 12.2. The molecule has 5 nitrogen and oxygen atoms in total. The van der Waals surface area contributed by atoms with Gasteiger partial charge in [-0.2, -0.15) is 4.39 Å². The molecule has 106 valence electrons. The van der Waals surface area contributed by atoms with Gasteiger partial charge in [0.15, 0.2) is 5.69 Å². The number of nitrogens with zero attached hydrogens (tertiary/aromatic N) is 2. The van der Waals surface area contributed by atoms with Crippen molar-refractivity contribution in [3.63, 3.8) is 0 Å². The van der Waals surface area contributed by atoms with E-state index in [1.165, 1.54) is 17.0 Å². The minimum atomic E-state index is -0.865. The van der Waals surface area contributed by atoms with Crippen LogP contribution < -0.4 is 0 Å². The van der Waals surface area contributed by atoms with E-state index in [9.17, 15) is 14.3 Å². The molecule has 1 heterocycles. The molecule has 0 aliphatic carbocycles. The van der Waals surface area contributed by atoms with Crippen molar-refractivity contribution < 1.29 is 19.0 Å². The topological polar surface area (TPSA) is 64.3 Å². The number of hydrogen-bond acceptors (Lipinski definition) is 4. The van der Waals surface area contributed by atoms with Crippen molar-refractivity contribution in [2.24, 2.45) is 0 Å². The standard InChI is InChI=1S/C14H15FN2O3/c1-3-20-14(19)12-13(15)16-8-17(12)9(2)10-5-4-6-11(18)7-10/h4-9,18H,3H2,1-2H3. The molecule has 1 aromatic carbocycles. The summed E-state index contributed by atoms with van der Waals surface area (Å²) in [5, 5.41) is 9.49. The minimum Gasteiger partial charge on any atom is -0.508 e. The highest BCUT2D eigenvalue weighted by Gasteiger charge is 2.23. The molecule has 0 saturated carbocycles. The highest BCUT2D eigenvalue weighted by atomic mass is 19.1. The molecule has 0 aliphatic rings. The molecular formula is C14H15FN2O3. The minimum absolute atomic E-state index is 0.104. The van der Waals surface area contributed by atoms with Gasteiger partial charge in [0.05, 0.1) is 19.0 Å². The van der Waals surface area contributed by atoms with Crippen LogP contribution in [0.15, 0.2) is 30.6 Å². The van der Waals surface area contributed by atoms with Gasteiger partial charge >= 0.3 is 5.97 Å². The first-order valence-electron chi connectivity index (χ1n) is 6.23. The average Bonchev–Trinajstić information content (AvgIpc) is 2.80. The second kappa shape index (κ2) is 5.73. The zero-order valence-corrected chi connectivity index (χ0v) is 11.2. The van der Waals surface area contributed by atoms with Crippen molar-refractivity contribution >= 4 is 5.97 Å². The summed E-state index contributed by atoms with van der Waals surface area (Å²) in [5.41, 5.74) is 0.510. The van der Waals surface area contributed by atoms with Crippen molar-refractivity contribution in [2.45, 2.75) is 19.9 Å². The Morgan fingerprint density at radius 1 is 1.55 bits per heavy atom.